The molecular formula is C26H22ClN5O2S. The first-order valence-electron chi connectivity index (χ1n) is 10.7. The molecule has 0 saturated heterocycles. The summed E-state index contributed by atoms with van der Waals surface area (Å²) in [5, 5.41) is 13.9. The average Bonchev–Trinajstić information content (AvgIpc) is 3.32. The van der Waals surface area contributed by atoms with Crippen LogP contribution in [0.15, 0.2) is 95.2 Å². The predicted octanol–water partition coefficient (Wildman–Crippen LogP) is 5.50. The topological polar surface area (TPSA) is 81.4 Å². The van der Waals surface area contributed by atoms with E-state index >= 15 is 0 Å². The molecule has 0 aliphatic carbocycles. The van der Waals surface area contributed by atoms with Crippen molar-refractivity contribution >= 4 is 41.6 Å². The molecule has 1 heterocycles. The molecule has 0 unspecified atom stereocenters. The van der Waals surface area contributed by atoms with E-state index in [2.05, 4.69) is 20.7 Å². The van der Waals surface area contributed by atoms with Crippen molar-refractivity contribution < 1.29 is 9.53 Å². The maximum Gasteiger partial charge on any atom is 0.250 e. The van der Waals surface area contributed by atoms with E-state index in [0.29, 0.717) is 16.0 Å². The van der Waals surface area contributed by atoms with Gasteiger partial charge >= 0.3 is 0 Å². The van der Waals surface area contributed by atoms with Crippen molar-refractivity contribution in [2.75, 3.05) is 12.9 Å². The summed E-state index contributed by atoms with van der Waals surface area (Å²) in [6.45, 7) is 0. The summed E-state index contributed by atoms with van der Waals surface area (Å²) >= 11 is 7.34. The van der Waals surface area contributed by atoms with Crippen molar-refractivity contribution in [2.45, 2.75) is 5.16 Å². The lowest BCUT2D eigenvalue weighted by molar-refractivity contribution is -0.118. The number of methoxy groups -OCH3 is 1. The highest BCUT2D eigenvalue weighted by atomic mass is 35.5. The highest BCUT2D eigenvalue weighted by Gasteiger charge is 2.17. The number of hydrogen-bond donors (Lipinski definition) is 1. The van der Waals surface area contributed by atoms with Gasteiger partial charge in [-0.15, -0.1) is 10.2 Å². The molecular weight excluding hydrogens is 482 g/mol. The van der Waals surface area contributed by atoms with Crippen LogP contribution in [-0.2, 0) is 4.79 Å². The monoisotopic (exact) mass is 503 g/mol. The molecule has 0 aliphatic rings. The van der Waals surface area contributed by atoms with Crippen LogP contribution in [-0.4, -0.2) is 39.7 Å². The summed E-state index contributed by atoms with van der Waals surface area (Å²) in [6, 6.07) is 24.8. The first-order valence-corrected chi connectivity index (χ1v) is 12.0. The van der Waals surface area contributed by atoms with Gasteiger partial charge in [0, 0.05) is 28.1 Å². The number of halogens is 1. The molecule has 7 nitrogen and oxygen atoms in total. The van der Waals surface area contributed by atoms with E-state index in [1.54, 1.807) is 25.3 Å². The molecule has 1 N–H and O–H groups in total. The van der Waals surface area contributed by atoms with Gasteiger partial charge in [0.1, 0.15) is 5.75 Å². The first kappa shape index (κ1) is 24.3. The molecule has 9 heteroatoms. The van der Waals surface area contributed by atoms with Crippen molar-refractivity contribution in [3.05, 3.63) is 95.5 Å². The van der Waals surface area contributed by atoms with Crippen LogP contribution in [0.1, 0.15) is 5.56 Å². The van der Waals surface area contributed by atoms with Crippen molar-refractivity contribution in [1.82, 2.24) is 20.2 Å². The van der Waals surface area contributed by atoms with Crippen LogP contribution in [0.2, 0.25) is 5.02 Å². The van der Waals surface area contributed by atoms with Gasteiger partial charge in [-0.1, -0.05) is 71.9 Å². The van der Waals surface area contributed by atoms with Gasteiger partial charge in [0.15, 0.2) is 11.0 Å². The Bertz CT molecular complexity index is 1340. The minimum Gasteiger partial charge on any atom is -0.496 e. The molecule has 3 aromatic carbocycles. The Morgan fingerprint density at radius 2 is 1.80 bits per heavy atom. The number of carbonyl (C=O) groups excluding carboxylic acids is 1. The zero-order valence-corrected chi connectivity index (χ0v) is 20.4. The molecule has 176 valence electrons. The Hall–Kier alpha value is -3.88. The lowest BCUT2D eigenvalue weighted by Gasteiger charge is -2.10. The number of hydrazone groups is 1. The number of amides is 1. The van der Waals surface area contributed by atoms with Crippen molar-refractivity contribution in [3.63, 3.8) is 0 Å². The average molecular weight is 504 g/mol. The molecule has 4 rings (SSSR count). The van der Waals surface area contributed by atoms with Gasteiger partial charge in [-0.2, -0.15) is 5.10 Å². The van der Waals surface area contributed by atoms with Gasteiger partial charge in [0.05, 0.1) is 12.9 Å². The summed E-state index contributed by atoms with van der Waals surface area (Å²) in [5.41, 5.74) is 5.20. The molecule has 0 bridgehead atoms. The second-order valence-electron chi connectivity index (χ2n) is 7.19. The maximum absolute atomic E-state index is 12.4. The smallest absolute Gasteiger partial charge is 0.250 e. The first-order chi connectivity index (χ1) is 17.2. The van der Waals surface area contributed by atoms with Gasteiger partial charge in [0.2, 0.25) is 0 Å². The largest absolute Gasteiger partial charge is 0.496 e. The number of allylic oxidation sites excluding steroid dienone is 1. The van der Waals surface area contributed by atoms with E-state index in [1.807, 2.05) is 77.4 Å². The summed E-state index contributed by atoms with van der Waals surface area (Å²) in [6.07, 6.45) is 5.09. The molecule has 0 atom stereocenters. The van der Waals surface area contributed by atoms with Crippen LogP contribution >= 0.6 is 23.4 Å². The predicted molar refractivity (Wildman–Crippen MR) is 141 cm³/mol. The van der Waals surface area contributed by atoms with E-state index in [4.69, 9.17) is 16.3 Å². The third-order valence-electron chi connectivity index (χ3n) is 4.85. The molecule has 0 saturated carbocycles. The van der Waals surface area contributed by atoms with Crippen LogP contribution in [0, 0.1) is 0 Å². The van der Waals surface area contributed by atoms with Gasteiger partial charge < -0.3 is 4.74 Å². The quantitative estimate of drug-likeness (QED) is 0.185. The molecule has 0 aliphatic heterocycles. The number of hydrogen-bond acceptors (Lipinski definition) is 6. The standard InChI is InChI=1S/C26H22ClN5O2S/c1-34-23-12-6-5-8-19(23)11-7-17-28-29-24(33)18-35-26-31-30-25(20-9-3-2-4-10-20)32(26)22-15-13-21(27)14-16-22/h2-17H,18H2,1H3,(H,29,33)/b11-7+,28-17-. The van der Waals surface area contributed by atoms with E-state index in [1.165, 1.54) is 18.0 Å². The lowest BCUT2D eigenvalue weighted by Crippen LogP contribution is -2.19. The van der Waals surface area contributed by atoms with E-state index < -0.39 is 0 Å². The molecule has 1 aromatic heterocycles. The van der Waals surface area contributed by atoms with Crippen LogP contribution in [0.4, 0.5) is 0 Å². The van der Waals surface area contributed by atoms with E-state index in [0.717, 1.165) is 22.6 Å². The Morgan fingerprint density at radius 1 is 1.06 bits per heavy atom. The Balaban J connectivity index is 1.42. The Morgan fingerprint density at radius 3 is 2.57 bits per heavy atom. The zero-order valence-electron chi connectivity index (χ0n) is 18.8. The number of ether oxygens (including phenoxy) is 1. The van der Waals surface area contributed by atoms with Crippen LogP contribution in [0.5, 0.6) is 5.75 Å². The lowest BCUT2D eigenvalue weighted by atomic mass is 10.2. The van der Waals surface area contributed by atoms with Gasteiger partial charge in [-0.05, 0) is 42.5 Å². The number of para-hydroxylation sites is 1. The molecule has 35 heavy (non-hydrogen) atoms. The number of benzene rings is 3. The Kier molecular flexibility index (Phi) is 8.32. The number of nitrogens with zero attached hydrogens (tertiary/aromatic N) is 4. The number of rotatable bonds is 9. The maximum atomic E-state index is 12.4. The number of thioether (sulfide) groups is 1. The fourth-order valence-electron chi connectivity index (χ4n) is 3.23. The van der Waals surface area contributed by atoms with Crippen LogP contribution in [0.25, 0.3) is 23.2 Å². The van der Waals surface area contributed by atoms with Gasteiger partial charge in [-0.25, -0.2) is 5.43 Å². The number of aromatic nitrogens is 3. The van der Waals surface area contributed by atoms with Crippen molar-refractivity contribution in [3.8, 4) is 22.8 Å². The molecule has 0 fully saturated rings. The fourth-order valence-corrected chi connectivity index (χ4v) is 4.10. The summed E-state index contributed by atoms with van der Waals surface area (Å²) in [4.78, 5) is 12.4. The fraction of sp³-hybridized carbons (Fsp3) is 0.0769. The minimum absolute atomic E-state index is 0.119. The summed E-state index contributed by atoms with van der Waals surface area (Å²) in [7, 11) is 1.62. The van der Waals surface area contributed by atoms with Crippen molar-refractivity contribution in [2.24, 2.45) is 5.10 Å². The van der Waals surface area contributed by atoms with Crippen LogP contribution < -0.4 is 10.2 Å². The summed E-state index contributed by atoms with van der Waals surface area (Å²) < 4.78 is 7.21. The SMILES string of the molecule is COc1ccccc1/C=C/C=N\NC(=O)CSc1nnc(-c2ccccc2)n1-c1ccc(Cl)cc1. The van der Waals surface area contributed by atoms with Crippen LogP contribution in [0.3, 0.4) is 0 Å². The number of carbonyl (C=O) groups is 1. The highest BCUT2D eigenvalue weighted by Crippen LogP contribution is 2.28. The number of nitrogens with one attached hydrogen (secondary N) is 1. The molecule has 0 radical (unpaired) electrons. The molecule has 1 amide bonds. The van der Waals surface area contributed by atoms with E-state index in [-0.39, 0.29) is 11.7 Å². The van der Waals surface area contributed by atoms with Gasteiger partial charge in [0.25, 0.3) is 5.91 Å². The third kappa shape index (κ3) is 6.38. The normalized spacial score (nSPS) is 11.3. The highest BCUT2D eigenvalue weighted by molar-refractivity contribution is 7.99. The minimum atomic E-state index is -0.260. The summed E-state index contributed by atoms with van der Waals surface area (Å²) in [5.74, 6) is 1.30. The molecule has 0 spiro atoms. The third-order valence-corrected chi connectivity index (χ3v) is 6.03. The van der Waals surface area contributed by atoms with Crippen molar-refractivity contribution in [1.29, 1.82) is 0 Å². The second-order valence-corrected chi connectivity index (χ2v) is 8.57. The molecule has 4 aromatic rings. The second kappa shape index (κ2) is 12.0. The Labute approximate surface area is 212 Å². The van der Waals surface area contributed by atoms with E-state index in [9.17, 15) is 4.79 Å². The zero-order chi connectivity index (χ0) is 24.5. The van der Waals surface area contributed by atoms with Gasteiger partial charge in [-0.3, -0.25) is 9.36 Å².